The maximum atomic E-state index is 12.5. The molecule has 0 saturated carbocycles. The normalized spacial score (nSPS) is 10.8. The van der Waals surface area contributed by atoms with Crippen LogP contribution in [0, 0.1) is 0 Å². The van der Waals surface area contributed by atoms with Crippen molar-refractivity contribution in [3.05, 3.63) is 39.9 Å². The van der Waals surface area contributed by atoms with Crippen molar-refractivity contribution in [2.75, 3.05) is 0 Å². The molecule has 0 atom stereocenters. The first-order valence-corrected chi connectivity index (χ1v) is 5.44. The molecular formula is C11H8Cl2FNO2. The molecule has 17 heavy (non-hydrogen) atoms. The standard InChI is InChI=1S/C11H8Cl2FNO2/c12-7-1-2-9(8(13)4-7)15-10(16)3-6(5-14)11(15)17/h1-4,16-17H,5H2. The van der Waals surface area contributed by atoms with Crippen LogP contribution in [-0.2, 0) is 6.67 Å². The summed E-state index contributed by atoms with van der Waals surface area (Å²) in [5, 5.41) is 20.0. The number of hydrogen-bond donors (Lipinski definition) is 2. The average molecular weight is 276 g/mol. The highest BCUT2D eigenvalue weighted by Gasteiger charge is 2.17. The molecule has 0 aliphatic heterocycles. The second-order valence-electron chi connectivity index (χ2n) is 3.42. The fourth-order valence-electron chi connectivity index (χ4n) is 1.54. The highest BCUT2D eigenvalue weighted by atomic mass is 35.5. The second-order valence-corrected chi connectivity index (χ2v) is 4.26. The Morgan fingerprint density at radius 3 is 2.41 bits per heavy atom. The van der Waals surface area contributed by atoms with E-state index in [4.69, 9.17) is 23.2 Å². The van der Waals surface area contributed by atoms with Gasteiger partial charge in [0.25, 0.3) is 0 Å². The average Bonchev–Trinajstić information content (AvgIpc) is 2.55. The number of nitrogens with zero attached hydrogens (tertiary/aromatic N) is 1. The Kier molecular flexibility index (Phi) is 3.17. The molecule has 0 aliphatic carbocycles. The summed E-state index contributed by atoms with van der Waals surface area (Å²) in [5.74, 6) is -0.673. The number of alkyl halides is 1. The molecule has 0 amide bonds. The van der Waals surface area contributed by atoms with E-state index in [0.29, 0.717) is 10.7 Å². The van der Waals surface area contributed by atoms with Crippen LogP contribution in [0.1, 0.15) is 5.56 Å². The Hall–Kier alpha value is -1.39. The lowest BCUT2D eigenvalue weighted by atomic mass is 10.3. The number of aromatic hydroxyl groups is 2. The zero-order chi connectivity index (χ0) is 12.6. The summed E-state index contributed by atoms with van der Waals surface area (Å²) in [6.07, 6.45) is 0. The third kappa shape index (κ3) is 2.06. The Labute approximate surface area is 107 Å². The number of hydrogen-bond acceptors (Lipinski definition) is 2. The van der Waals surface area contributed by atoms with Gasteiger partial charge in [0.1, 0.15) is 6.67 Å². The van der Waals surface area contributed by atoms with Crippen molar-refractivity contribution in [2.24, 2.45) is 0 Å². The molecule has 0 radical (unpaired) electrons. The minimum Gasteiger partial charge on any atom is -0.494 e. The molecule has 6 heteroatoms. The molecule has 0 saturated heterocycles. The van der Waals surface area contributed by atoms with E-state index in [1.54, 1.807) is 6.07 Å². The number of benzene rings is 1. The van der Waals surface area contributed by atoms with E-state index in [9.17, 15) is 14.6 Å². The lowest BCUT2D eigenvalue weighted by molar-refractivity contribution is 0.393. The number of rotatable bonds is 2. The molecule has 0 unspecified atom stereocenters. The first kappa shape index (κ1) is 12.1. The van der Waals surface area contributed by atoms with Gasteiger partial charge in [-0.3, -0.25) is 0 Å². The molecule has 1 aromatic carbocycles. The van der Waals surface area contributed by atoms with Crippen molar-refractivity contribution in [3.8, 4) is 17.4 Å². The van der Waals surface area contributed by atoms with Crippen molar-refractivity contribution < 1.29 is 14.6 Å². The van der Waals surface area contributed by atoms with Crippen molar-refractivity contribution >= 4 is 23.2 Å². The lowest BCUT2D eigenvalue weighted by Crippen LogP contribution is -1.94. The Bertz CT molecular complexity index is 569. The number of aromatic nitrogens is 1. The van der Waals surface area contributed by atoms with Crippen molar-refractivity contribution in [1.29, 1.82) is 0 Å². The summed E-state index contributed by atoms with van der Waals surface area (Å²) in [7, 11) is 0. The van der Waals surface area contributed by atoms with Gasteiger partial charge in [0.2, 0.25) is 5.88 Å². The molecule has 2 N–H and O–H groups in total. The van der Waals surface area contributed by atoms with E-state index < -0.39 is 6.67 Å². The maximum absolute atomic E-state index is 12.5. The molecule has 2 aromatic rings. The van der Waals surface area contributed by atoms with Gasteiger partial charge in [-0.05, 0) is 18.2 Å². The van der Waals surface area contributed by atoms with E-state index in [2.05, 4.69) is 0 Å². The largest absolute Gasteiger partial charge is 0.494 e. The maximum Gasteiger partial charge on any atom is 0.204 e. The van der Waals surface area contributed by atoms with Crippen LogP contribution in [0.2, 0.25) is 10.0 Å². The highest BCUT2D eigenvalue weighted by molar-refractivity contribution is 6.35. The summed E-state index contributed by atoms with van der Waals surface area (Å²) in [6, 6.07) is 5.68. The summed E-state index contributed by atoms with van der Waals surface area (Å²) in [6.45, 7) is -0.877. The van der Waals surface area contributed by atoms with Crippen LogP contribution >= 0.6 is 23.2 Å². The third-order valence-electron chi connectivity index (χ3n) is 2.33. The van der Waals surface area contributed by atoms with Crippen LogP contribution in [-0.4, -0.2) is 14.8 Å². The van der Waals surface area contributed by atoms with Crippen LogP contribution in [0.25, 0.3) is 5.69 Å². The van der Waals surface area contributed by atoms with E-state index >= 15 is 0 Å². The molecular weight excluding hydrogens is 268 g/mol. The van der Waals surface area contributed by atoms with Crippen molar-refractivity contribution in [3.63, 3.8) is 0 Å². The predicted molar refractivity (Wildman–Crippen MR) is 63.9 cm³/mol. The minimum atomic E-state index is -0.877. The predicted octanol–water partition coefficient (Wildman–Crippen LogP) is 3.66. The topological polar surface area (TPSA) is 45.4 Å². The molecule has 1 aromatic heterocycles. The van der Waals surface area contributed by atoms with E-state index in [1.165, 1.54) is 12.1 Å². The van der Waals surface area contributed by atoms with Crippen LogP contribution < -0.4 is 0 Å². The van der Waals surface area contributed by atoms with Gasteiger partial charge < -0.3 is 10.2 Å². The van der Waals surface area contributed by atoms with Gasteiger partial charge in [0, 0.05) is 16.7 Å². The molecule has 0 fully saturated rings. The zero-order valence-corrected chi connectivity index (χ0v) is 10.0. The highest BCUT2D eigenvalue weighted by Crippen LogP contribution is 2.35. The smallest absolute Gasteiger partial charge is 0.204 e. The molecule has 0 aliphatic rings. The number of halogens is 3. The Balaban J connectivity index is 2.64. The zero-order valence-electron chi connectivity index (χ0n) is 8.49. The monoisotopic (exact) mass is 275 g/mol. The first-order valence-electron chi connectivity index (χ1n) is 4.68. The van der Waals surface area contributed by atoms with Crippen LogP contribution in [0.5, 0.6) is 11.8 Å². The molecule has 0 spiro atoms. The van der Waals surface area contributed by atoms with Crippen LogP contribution in [0.3, 0.4) is 0 Å². The van der Waals surface area contributed by atoms with Gasteiger partial charge in [-0.1, -0.05) is 23.2 Å². The SMILES string of the molecule is Oc1cc(CF)c(O)n1-c1ccc(Cl)cc1Cl. The van der Waals surface area contributed by atoms with Gasteiger partial charge in [-0.25, -0.2) is 8.96 Å². The summed E-state index contributed by atoms with van der Waals surface area (Å²) in [5.41, 5.74) is 0.319. The van der Waals surface area contributed by atoms with Gasteiger partial charge in [0.15, 0.2) is 5.88 Å². The van der Waals surface area contributed by atoms with Crippen LogP contribution in [0.4, 0.5) is 4.39 Å². The fraction of sp³-hybridized carbons (Fsp3) is 0.0909. The summed E-state index contributed by atoms with van der Waals surface area (Å²) in [4.78, 5) is 0. The van der Waals surface area contributed by atoms with Gasteiger partial charge in [-0.2, -0.15) is 0 Å². The molecule has 90 valence electrons. The summed E-state index contributed by atoms with van der Waals surface area (Å²) >= 11 is 11.7. The molecule has 2 rings (SSSR count). The third-order valence-corrected chi connectivity index (χ3v) is 2.86. The van der Waals surface area contributed by atoms with Gasteiger partial charge >= 0.3 is 0 Å². The van der Waals surface area contributed by atoms with Crippen molar-refractivity contribution in [1.82, 2.24) is 4.57 Å². The van der Waals surface area contributed by atoms with Gasteiger partial charge in [0.05, 0.1) is 10.7 Å². The summed E-state index contributed by atoms with van der Waals surface area (Å²) < 4.78 is 13.6. The Morgan fingerprint density at radius 2 is 1.88 bits per heavy atom. The molecule has 1 heterocycles. The van der Waals surface area contributed by atoms with Crippen molar-refractivity contribution in [2.45, 2.75) is 6.67 Å². The second kappa shape index (κ2) is 4.47. The fourth-order valence-corrected chi connectivity index (χ4v) is 2.03. The molecule has 3 nitrogen and oxygen atoms in total. The van der Waals surface area contributed by atoms with Crippen LogP contribution in [0.15, 0.2) is 24.3 Å². The lowest BCUT2D eigenvalue weighted by Gasteiger charge is -2.09. The minimum absolute atomic E-state index is 0.00600. The van der Waals surface area contributed by atoms with E-state index in [1.807, 2.05) is 0 Å². The Morgan fingerprint density at radius 1 is 1.18 bits per heavy atom. The van der Waals surface area contributed by atoms with E-state index in [-0.39, 0.29) is 22.3 Å². The molecule has 0 bridgehead atoms. The first-order chi connectivity index (χ1) is 8.04. The van der Waals surface area contributed by atoms with E-state index in [0.717, 1.165) is 10.6 Å². The van der Waals surface area contributed by atoms with Gasteiger partial charge in [-0.15, -0.1) is 0 Å². The quantitative estimate of drug-likeness (QED) is 0.879.